The molecule has 3 N–H and O–H groups in total. The monoisotopic (exact) mass is 292 g/mol. The third-order valence-corrected chi connectivity index (χ3v) is 4.43. The van der Waals surface area contributed by atoms with E-state index in [1.807, 2.05) is 0 Å². The van der Waals surface area contributed by atoms with Gasteiger partial charge in [-0.2, -0.15) is 5.10 Å². The summed E-state index contributed by atoms with van der Waals surface area (Å²) in [6.45, 7) is 0.160. The molecule has 3 rings (SSSR count). The first-order valence-electron chi connectivity index (χ1n) is 5.95. The van der Waals surface area contributed by atoms with Crippen molar-refractivity contribution in [1.29, 1.82) is 0 Å². The zero-order chi connectivity index (χ0) is 14.2. The van der Waals surface area contributed by atoms with E-state index in [0.717, 1.165) is 5.56 Å². The first-order chi connectivity index (χ1) is 9.54. The van der Waals surface area contributed by atoms with Crippen molar-refractivity contribution in [3.05, 3.63) is 41.7 Å². The SMILES string of the molecule is O=C1Cc2cc(S(=O)(=O)NCc3cn[nH]c3)ccc2N1. The van der Waals surface area contributed by atoms with Crippen LogP contribution in [0.15, 0.2) is 35.5 Å². The highest BCUT2D eigenvalue weighted by Crippen LogP contribution is 2.25. The molecule has 0 radical (unpaired) electrons. The number of carbonyl (C=O) groups is 1. The Hall–Kier alpha value is -2.19. The fraction of sp³-hybridized carbons (Fsp3) is 0.167. The zero-order valence-electron chi connectivity index (χ0n) is 10.4. The van der Waals surface area contributed by atoms with Gasteiger partial charge in [0.2, 0.25) is 15.9 Å². The Labute approximate surface area is 115 Å². The van der Waals surface area contributed by atoms with Crippen LogP contribution in [-0.2, 0) is 27.8 Å². The molecule has 0 fully saturated rings. The van der Waals surface area contributed by atoms with E-state index < -0.39 is 10.0 Å². The molecule has 0 bridgehead atoms. The van der Waals surface area contributed by atoms with Gasteiger partial charge in [0.15, 0.2) is 0 Å². The van der Waals surface area contributed by atoms with Gasteiger partial charge in [0.25, 0.3) is 0 Å². The van der Waals surface area contributed by atoms with Gasteiger partial charge < -0.3 is 5.32 Å². The molecule has 20 heavy (non-hydrogen) atoms. The number of carbonyl (C=O) groups excluding carboxylic acids is 1. The van der Waals surface area contributed by atoms with E-state index in [1.54, 1.807) is 18.5 Å². The van der Waals surface area contributed by atoms with Crippen LogP contribution < -0.4 is 10.0 Å². The lowest BCUT2D eigenvalue weighted by Crippen LogP contribution is -2.23. The number of rotatable bonds is 4. The lowest BCUT2D eigenvalue weighted by atomic mass is 10.2. The van der Waals surface area contributed by atoms with E-state index in [2.05, 4.69) is 20.2 Å². The van der Waals surface area contributed by atoms with Gasteiger partial charge in [-0.15, -0.1) is 0 Å². The molecular formula is C12H12N4O3S. The second-order valence-corrected chi connectivity index (χ2v) is 6.24. The number of sulfonamides is 1. The number of nitrogens with zero attached hydrogens (tertiary/aromatic N) is 1. The van der Waals surface area contributed by atoms with Crippen molar-refractivity contribution in [2.45, 2.75) is 17.9 Å². The van der Waals surface area contributed by atoms with Gasteiger partial charge in [-0.1, -0.05) is 0 Å². The summed E-state index contributed by atoms with van der Waals surface area (Å²) in [4.78, 5) is 11.4. The fourth-order valence-electron chi connectivity index (χ4n) is 2.01. The summed E-state index contributed by atoms with van der Waals surface area (Å²) < 4.78 is 26.8. The van der Waals surface area contributed by atoms with Gasteiger partial charge in [-0.25, -0.2) is 13.1 Å². The van der Waals surface area contributed by atoms with Crippen LogP contribution in [0.5, 0.6) is 0 Å². The van der Waals surface area contributed by atoms with Crippen LogP contribution in [0.2, 0.25) is 0 Å². The minimum absolute atomic E-state index is 0.124. The highest BCUT2D eigenvalue weighted by atomic mass is 32.2. The minimum atomic E-state index is -3.61. The number of benzene rings is 1. The van der Waals surface area contributed by atoms with Crippen LogP contribution in [0.25, 0.3) is 0 Å². The number of aromatic amines is 1. The summed E-state index contributed by atoms with van der Waals surface area (Å²) in [6.07, 6.45) is 3.38. The Kier molecular flexibility index (Phi) is 3.03. The summed E-state index contributed by atoms with van der Waals surface area (Å²) in [6, 6.07) is 4.60. The molecule has 1 aliphatic rings. The van der Waals surface area contributed by atoms with E-state index in [0.29, 0.717) is 11.3 Å². The van der Waals surface area contributed by atoms with E-state index in [9.17, 15) is 13.2 Å². The fourth-order valence-corrected chi connectivity index (χ4v) is 3.08. The third-order valence-electron chi connectivity index (χ3n) is 3.03. The number of fused-ring (bicyclic) bond motifs is 1. The van der Waals surface area contributed by atoms with Crippen molar-refractivity contribution in [3.63, 3.8) is 0 Å². The first kappa shape index (κ1) is 12.8. The van der Waals surface area contributed by atoms with E-state index in [-0.39, 0.29) is 23.8 Å². The molecule has 0 unspecified atom stereocenters. The van der Waals surface area contributed by atoms with Gasteiger partial charge in [0, 0.05) is 24.0 Å². The van der Waals surface area contributed by atoms with Gasteiger partial charge >= 0.3 is 0 Å². The Morgan fingerprint density at radius 1 is 1.35 bits per heavy atom. The molecule has 1 amide bonds. The standard InChI is InChI=1S/C12H12N4O3S/c17-12-4-9-3-10(1-2-11(9)16-12)20(18,19)15-7-8-5-13-14-6-8/h1-3,5-6,15H,4,7H2,(H,13,14)(H,16,17). The molecule has 1 aromatic carbocycles. The number of hydrogen-bond donors (Lipinski definition) is 3. The average molecular weight is 292 g/mol. The summed E-state index contributed by atoms with van der Waals surface area (Å²) >= 11 is 0. The molecule has 8 heteroatoms. The third kappa shape index (κ3) is 2.43. The van der Waals surface area contributed by atoms with E-state index in [4.69, 9.17) is 0 Å². The largest absolute Gasteiger partial charge is 0.326 e. The van der Waals surface area contributed by atoms with Crippen molar-refractivity contribution in [1.82, 2.24) is 14.9 Å². The van der Waals surface area contributed by atoms with Gasteiger partial charge in [-0.05, 0) is 23.8 Å². The van der Waals surface area contributed by atoms with Crippen molar-refractivity contribution < 1.29 is 13.2 Å². The van der Waals surface area contributed by atoms with Gasteiger partial charge in [0.05, 0.1) is 17.5 Å². The summed E-state index contributed by atoms with van der Waals surface area (Å²) in [5, 5.41) is 9.02. The lowest BCUT2D eigenvalue weighted by Gasteiger charge is -2.07. The molecule has 2 aromatic rings. The highest BCUT2D eigenvalue weighted by Gasteiger charge is 2.21. The number of amides is 1. The first-order valence-corrected chi connectivity index (χ1v) is 7.43. The number of hydrogen-bond acceptors (Lipinski definition) is 4. The van der Waals surface area contributed by atoms with Gasteiger partial charge in [-0.3, -0.25) is 9.89 Å². The van der Waals surface area contributed by atoms with Crippen molar-refractivity contribution >= 4 is 21.6 Å². The van der Waals surface area contributed by atoms with Crippen LogP contribution in [0.3, 0.4) is 0 Å². The number of aromatic nitrogens is 2. The van der Waals surface area contributed by atoms with Crippen molar-refractivity contribution in [3.8, 4) is 0 Å². The van der Waals surface area contributed by atoms with Gasteiger partial charge in [0.1, 0.15) is 0 Å². The minimum Gasteiger partial charge on any atom is -0.326 e. The predicted octanol–water partition coefficient (Wildman–Crippen LogP) is 0.383. The van der Waals surface area contributed by atoms with Crippen LogP contribution >= 0.6 is 0 Å². The number of H-pyrrole nitrogens is 1. The van der Waals surface area contributed by atoms with Crippen LogP contribution in [0, 0.1) is 0 Å². The second-order valence-electron chi connectivity index (χ2n) is 4.48. The smallest absolute Gasteiger partial charge is 0.240 e. The maximum absolute atomic E-state index is 12.2. The molecule has 0 aliphatic carbocycles. The molecule has 1 aromatic heterocycles. The molecule has 0 spiro atoms. The summed E-state index contributed by atoms with van der Waals surface area (Å²) in [5.41, 5.74) is 2.11. The Balaban J connectivity index is 1.81. The Morgan fingerprint density at radius 3 is 2.95 bits per heavy atom. The van der Waals surface area contributed by atoms with Crippen LogP contribution in [0.4, 0.5) is 5.69 Å². The molecule has 1 aliphatic heterocycles. The summed E-state index contributed by atoms with van der Waals surface area (Å²) in [5.74, 6) is -0.124. The Morgan fingerprint density at radius 2 is 2.20 bits per heavy atom. The van der Waals surface area contributed by atoms with Crippen LogP contribution in [0.1, 0.15) is 11.1 Å². The number of anilines is 1. The second kappa shape index (κ2) is 4.73. The van der Waals surface area contributed by atoms with Crippen LogP contribution in [-0.4, -0.2) is 24.5 Å². The zero-order valence-corrected chi connectivity index (χ0v) is 11.2. The maximum atomic E-state index is 12.2. The maximum Gasteiger partial charge on any atom is 0.240 e. The molecule has 0 atom stereocenters. The van der Waals surface area contributed by atoms with Crippen molar-refractivity contribution in [2.75, 3.05) is 5.32 Å². The highest BCUT2D eigenvalue weighted by molar-refractivity contribution is 7.89. The molecule has 104 valence electrons. The quantitative estimate of drug-likeness (QED) is 0.758. The predicted molar refractivity (Wildman–Crippen MR) is 71.4 cm³/mol. The topological polar surface area (TPSA) is 104 Å². The number of nitrogens with one attached hydrogen (secondary N) is 3. The molecule has 0 saturated carbocycles. The molecule has 2 heterocycles. The normalized spacial score (nSPS) is 14.1. The van der Waals surface area contributed by atoms with E-state index in [1.165, 1.54) is 12.1 Å². The lowest BCUT2D eigenvalue weighted by molar-refractivity contribution is -0.115. The van der Waals surface area contributed by atoms with E-state index >= 15 is 0 Å². The molecular weight excluding hydrogens is 280 g/mol. The summed E-state index contributed by atoms with van der Waals surface area (Å²) in [7, 11) is -3.61. The Bertz CT molecular complexity index is 753. The van der Waals surface area contributed by atoms with Crippen molar-refractivity contribution in [2.24, 2.45) is 0 Å². The average Bonchev–Trinajstić information content (AvgIpc) is 3.03. The molecule has 7 nitrogen and oxygen atoms in total. The molecule has 0 saturated heterocycles.